The second-order valence-corrected chi connectivity index (χ2v) is 6.14. The van der Waals surface area contributed by atoms with Crippen LogP contribution in [0.2, 0.25) is 0 Å². The molecule has 25 heavy (non-hydrogen) atoms. The second kappa shape index (κ2) is 7.64. The van der Waals surface area contributed by atoms with Gasteiger partial charge in [0.2, 0.25) is 5.91 Å². The molecule has 0 unspecified atom stereocenters. The van der Waals surface area contributed by atoms with Gasteiger partial charge in [0.1, 0.15) is 11.9 Å². The largest absolute Gasteiger partial charge is 0.416 e. The van der Waals surface area contributed by atoms with Crippen LogP contribution in [0.25, 0.3) is 0 Å². The molecule has 2 aromatic rings. The summed E-state index contributed by atoms with van der Waals surface area (Å²) in [6, 6.07) is 4.55. The molecule has 1 aromatic heterocycles. The Morgan fingerprint density at radius 1 is 1.24 bits per heavy atom. The van der Waals surface area contributed by atoms with Gasteiger partial charge < -0.3 is 10.6 Å². The van der Waals surface area contributed by atoms with E-state index < -0.39 is 42.0 Å². The van der Waals surface area contributed by atoms with Gasteiger partial charge in [-0.2, -0.15) is 13.2 Å². The number of carbonyl (C=O) groups is 2. The van der Waals surface area contributed by atoms with E-state index >= 15 is 0 Å². The second-order valence-electron chi connectivity index (χ2n) is 5.19. The first-order valence-corrected chi connectivity index (χ1v) is 8.04. The molecule has 0 radical (unpaired) electrons. The first-order chi connectivity index (χ1) is 11.7. The molecule has 9 heteroatoms. The van der Waals surface area contributed by atoms with Crippen LogP contribution < -0.4 is 10.6 Å². The van der Waals surface area contributed by atoms with Gasteiger partial charge in [-0.3, -0.25) is 9.59 Å². The molecule has 2 amide bonds. The molecule has 0 saturated carbocycles. The number of amides is 2. The van der Waals surface area contributed by atoms with E-state index in [1.165, 1.54) is 18.3 Å². The smallest absolute Gasteiger partial charge is 0.350 e. The fraction of sp³-hybridized carbons (Fsp3) is 0.250. The average Bonchev–Trinajstić information content (AvgIpc) is 3.06. The Bertz CT molecular complexity index is 760. The molecule has 0 fully saturated rings. The molecule has 1 aromatic carbocycles. The van der Waals surface area contributed by atoms with Gasteiger partial charge in [-0.1, -0.05) is 12.1 Å². The minimum absolute atomic E-state index is 0.265. The van der Waals surface area contributed by atoms with Crippen molar-refractivity contribution < 1.29 is 27.2 Å². The van der Waals surface area contributed by atoms with Crippen molar-refractivity contribution in [3.05, 3.63) is 57.5 Å². The highest BCUT2D eigenvalue weighted by molar-refractivity contribution is 7.12. The molecule has 0 saturated heterocycles. The third-order valence-electron chi connectivity index (χ3n) is 3.32. The zero-order valence-electron chi connectivity index (χ0n) is 13.0. The lowest BCUT2D eigenvalue weighted by molar-refractivity contribution is -0.138. The molecular formula is C16H14F4N2O2S. The Morgan fingerprint density at radius 2 is 1.96 bits per heavy atom. The highest BCUT2D eigenvalue weighted by Crippen LogP contribution is 2.32. The zero-order chi connectivity index (χ0) is 18.6. The Kier molecular flexibility index (Phi) is 5.78. The molecule has 134 valence electrons. The summed E-state index contributed by atoms with van der Waals surface area (Å²) in [6.45, 7) is 0.976. The van der Waals surface area contributed by atoms with Crippen LogP contribution in [0, 0.1) is 5.82 Å². The SMILES string of the molecule is C[C@@H](NC(=O)c1cccs1)C(=O)NCc1ccc(F)cc1C(F)(F)F. The number of rotatable bonds is 5. The first-order valence-electron chi connectivity index (χ1n) is 7.16. The molecule has 2 N–H and O–H groups in total. The van der Waals surface area contributed by atoms with Crippen molar-refractivity contribution >= 4 is 23.2 Å². The monoisotopic (exact) mass is 374 g/mol. The molecule has 0 aliphatic heterocycles. The number of halogens is 4. The molecule has 2 rings (SSSR count). The van der Waals surface area contributed by atoms with Gasteiger partial charge in [-0.25, -0.2) is 4.39 Å². The lowest BCUT2D eigenvalue weighted by Gasteiger charge is -2.16. The fourth-order valence-corrected chi connectivity index (χ4v) is 2.67. The van der Waals surface area contributed by atoms with E-state index in [4.69, 9.17) is 0 Å². The minimum Gasteiger partial charge on any atom is -0.350 e. The predicted molar refractivity (Wildman–Crippen MR) is 84.5 cm³/mol. The zero-order valence-corrected chi connectivity index (χ0v) is 13.8. The maximum Gasteiger partial charge on any atom is 0.416 e. The van der Waals surface area contributed by atoms with Crippen LogP contribution in [0.4, 0.5) is 17.6 Å². The van der Waals surface area contributed by atoms with Crippen LogP contribution in [0.1, 0.15) is 27.7 Å². The van der Waals surface area contributed by atoms with Gasteiger partial charge in [0.25, 0.3) is 5.91 Å². The van der Waals surface area contributed by atoms with Crippen molar-refractivity contribution in [3.8, 4) is 0 Å². The molecule has 1 heterocycles. The van der Waals surface area contributed by atoms with Crippen molar-refractivity contribution in [1.82, 2.24) is 10.6 Å². The van der Waals surface area contributed by atoms with Crippen LogP contribution in [0.5, 0.6) is 0 Å². The van der Waals surface area contributed by atoms with Crippen molar-refractivity contribution in [2.75, 3.05) is 0 Å². The highest BCUT2D eigenvalue weighted by Gasteiger charge is 2.33. The highest BCUT2D eigenvalue weighted by atomic mass is 32.1. The van der Waals surface area contributed by atoms with Crippen LogP contribution in [0.15, 0.2) is 35.7 Å². The average molecular weight is 374 g/mol. The maximum absolute atomic E-state index is 13.0. The molecule has 4 nitrogen and oxygen atoms in total. The Labute approximate surface area is 144 Å². The first kappa shape index (κ1) is 18.9. The molecule has 0 bridgehead atoms. The lowest BCUT2D eigenvalue weighted by Crippen LogP contribution is -2.44. The van der Waals surface area contributed by atoms with Gasteiger partial charge in [0.15, 0.2) is 0 Å². The van der Waals surface area contributed by atoms with Crippen LogP contribution in [0.3, 0.4) is 0 Å². The predicted octanol–water partition coefficient (Wildman–Crippen LogP) is 3.34. The maximum atomic E-state index is 13.0. The number of alkyl halides is 3. The Balaban J connectivity index is 1.99. The normalized spacial score (nSPS) is 12.5. The standard InChI is InChI=1S/C16H14F4N2O2S/c1-9(22-15(24)13-3-2-6-25-13)14(23)21-8-10-4-5-11(17)7-12(10)16(18,19)20/h2-7,9H,8H2,1H3,(H,21,23)(H,22,24)/t9-/m1/s1. The summed E-state index contributed by atoms with van der Waals surface area (Å²) < 4.78 is 51.8. The summed E-state index contributed by atoms with van der Waals surface area (Å²) in [4.78, 5) is 24.2. The van der Waals surface area contributed by atoms with Crippen LogP contribution >= 0.6 is 11.3 Å². The summed E-state index contributed by atoms with van der Waals surface area (Å²) in [5.41, 5.74) is -1.41. The summed E-state index contributed by atoms with van der Waals surface area (Å²) in [5, 5.41) is 6.46. The van der Waals surface area contributed by atoms with E-state index in [2.05, 4.69) is 10.6 Å². The molecule has 0 aliphatic carbocycles. The van der Waals surface area contributed by atoms with Crippen LogP contribution in [-0.2, 0) is 17.5 Å². The lowest BCUT2D eigenvalue weighted by atomic mass is 10.1. The number of thiophene rings is 1. The summed E-state index contributed by atoms with van der Waals surface area (Å²) in [5.74, 6) is -2.11. The number of carbonyl (C=O) groups excluding carboxylic acids is 2. The fourth-order valence-electron chi connectivity index (χ4n) is 2.04. The molecule has 0 spiro atoms. The Morgan fingerprint density at radius 3 is 2.56 bits per heavy atom. The van der Waals surface area contributed by atoms with E-state index in [9.17, 15) is 27.2 Å². The number of nitrogens with one attached hydrogen (secondary N) is 2. The topological polar surface area (TPSA) is 58.2 Å². The third kappa shape index (κ3) is 5.02. The molecular weight excluding hydrogens is 360 g/mol. The Hall–Kier alpha value is -2.42. The third-order valence-corrected chi connectivity index (χ3v) is 4.18. The number of benzene rings is 1. The van der Waals surface area contributed by atoms with Gasteiger partial charge >= 0.3 is 6.18 Å². The van der Waals surface area contributed by atoms with Crippen molar-refractivity contribution in [2.45, 2.75) is 25.7 Å². The quantitative estimate of drug-likeness (QED) is 0.789. The minimum atomic E-state index is -4.73. The molecule has 1 atom stereocenters. The van der Waals surface area contributed by atoms with E-state index in [1.807, 2.05) is 0 Å². The number of hydrogen-bond acceptors (Lipinski definition) is 3. The van der Waals surface area contributed by atoms with E-state index in [0.29, 0.717) is 10.9 Å². The van der Waals surface area contributed by atoms with E-state index in [0.717, 1.165) is 12.1 Å². The van der Waals surface area contributed by atoms with Crippen molar-refractivity contribution in [2.24, 2.45) is 0 Å². The molecule has 0 aliphatic rings. The van der Waals surface area contributed by atoms with Gasteiger partial charge in [0.05, 0.1) is 10.4 Å². The summed E-state index contributed by atoms with van der Waals surface area (Å²) in [7, 11) is 0. The van der Waals surface area contributed by atoms with E-state index in [1.54, 1.807) is 17.5 Å². The van der Waals surface area contributed by atoms with E-state index in [-0.39, 0.29) is 5.56 Å². The van der Waals surface area contributed by atoms with Gasteiger partial charge in [-0.15, -0.1) is 11.3 Å². The number of hydrogen-bond donors (Lipinski definition) is 2. The van der Waals surface area contributed by atoms with Crippen molar-refractivity contribution in [3.63, 3.8) is 0 Å². The summed E-state index contributed by atoms with van der Waals surface area (Å²) in [6.07, 6.45) is -4.73. The summed E-state index contributed by atoms with van der Waals surface area (Å²) >= 11 is 1.20. The van der Waals surface area contributed by atoms with Crippen LogP contribution in [-0.4, -0.2) is 17.9 Å². The van der Waals surface area contributed by atoms with Gasteiger partial charge in [-0.05, 0) is 36.1 Å². The van der Waals surface area contributed by atoms with Gasteiger partial charge in [0, 0.05) is 6.54 Å². The van der Waals surface area contributed by atoms with Crippen molar-refractivity contribution in [1.29, 1.82) is 0 Å².